The van der Waals surface area contributed by atoms with Gasteiger partial charge in [-0.2, -0.15) is 0 Å². The van der Waals surface area contributed by atoms with Crippen LogP contribution in [0, 0.1) is 17.8 Å². The Labute approximate surface area is 108 Å². The second-order valence-electron chi connectivity index (χ2n) is 6.26. The summed E-state index contributed by atoms with van der Waals surface area (Å²) in [4.78, 5) is 26.1. The standard InChI is InChI=1S/C14H22N2O2/c1-9-3-2-6-16(8-9)14(18)12-7-11(12)13(17)15-10-4-5-10/h9-12H,2-8H2,1H3,(H,15,17). The van der Waals surface area contributed by atoms with Crippen LogP contribution < -0.4 is 5.32 Å². The fourth-order valence-corrected chi connectivity index (χ4v) is 2.92. The first kappa shape index (κ1) is 12.0. The molecule has 18 heavy (non-hydrogen) atoms. The van der Waals surface area contributed by atoms with Crippen molar-refractivity contribution in [1.82, 2.24) is 10.2 Å². The zero-order chi connectivity index (χ0) is 12.7. The molecule has 1 aliphatic heterocycles. The fourth-order valence-electron chi connectivity index (χ4n) is 2.92. The number of carbonyl (C=O) groups excluding carboxylic acids is 2. The SMILES string of the molecule is CC1CCCN(C(=O)C2CC2C(=O)NC2CC2)C1. The topological polar surface area (TPSA) is 49.4 Å². The maximum Gasteiger partial charge on any atom is 0.226 e. The predicted octanol–water partition coefficient (Wildman–Crippen LogP) is 1.16. The Balaban J connectivity index is 1.50. The van der Waals surface area contributed by atoms with E-state index in [0.717, 1.165) is 38.8 Å². The number of carbonyl (C=O) groups is 2. The maximum atomic E-state index is 12.3. The molecule has 4 heteroatoms. The van der Waals surface area contributed by atoms with Crippen LogP contribution in [0.2, 0.25) is 0 Å². The van der Waals surface area contributed by atoms with E-state index in [0.29, 0.717) is 12.0 Å². The highest BCUT2D eigenvalue weighted by Crippen LogP contribution is 2.41. The third kappa shape index (κ3) is 2.52. The highest BCUT2D eigenvalue weighted by molar-refractivity contribution is 5.92. The first-order chi connectivity index (χ1) is 8.65. The smallest absolute Gasteiger partial charge is 0.226 e. The van der Waals surface area contributed by atoms with Crippen molar-refractivity contribution in [2.45, 2.75) is 45.1 Å². The van der Waals surface area contributed by atoms with E-state index in [9.17, 15) is 9.59 Å². The number of hydrogen-bond donors (Lipinski definition) is 1. The number of rotatable bonds is 3. The number of amides is 2. The number of hydrogen-bond acceptors (Lipinski definition) is 2. The Morgan fingerprint density at radius 2 is 1.94 bits per heavy atom. The lowest BCUT2D eigenvalue weighted by Gasteiger charge is -2.31. The van der Waals surface area contributed by atoms with Gasteiger partial charge in [0.2, 0.25) is 11.8 Å². The monoisotopic (exact) mass is 250 g/mol. The highest BCUT2D eigenvalue weighted by atomic mass is 16.2. The summed E-state index contributed by atoms with van der Waals surface area (Å²) in [5, 5.41) is 3.00. The molecule has 100 valence electrons. The molecule has 0 spiro atoms. The summed E-state index contributed by atoms with van der Waals surface area (Å²) in [6.07, 6.45) is 5.32. The fraction of sp³-hybridized carbons (Fsp3) is 0.857. The summed E-state index contributed by atoms with van der Waals surface area (Å²) < 4.78 is 0. The van der Waals surface area contributed by atoms with E-state index in [1.54, 1.807) is 0 Å². The summed E-state index contributed by atoms with van der Waals surface area (Å²) in [5.74, 6) is 0.892. The Kier molecular flexibility index (Phi) is 3.04. The van der Waals surface area contributed by atoms with Crippen LogP contribution in [0.25, 0.3) is 0 Å². The van der Waals surface area contributed by atoms with Gasteiger partial charge in [-0.1, -0.05) is 6.92 Å². The van der Waals surface area contributed by atoms with E-state index in [1.807, 2.05) is 4.90 Å². The highest BCUT2D eigenvalue weighted by Gasteiger charge is 2.50. The van der Waals surface area contributed by atoms with E-state index in [4.69, 9.17) is 0 Å². The second-order valence-corrected chi connectivity index (χ2v) is 6.26. The molecule has 2 amide bonds. The van der Waals surface area contributed by atoms with Gasteiger partial charge in [-0.15, -0.1) is 0 Å². The molecule has 2 aliphatic carbocycles. The van der Waals surface area contributed by atoms with Gasteiger partial charge in [0.1, 0.15) is 0 Å². The zero-order valence-electron chi connectivity index (χ0n) is 11.0. The van der Waals surface area contributed by atoms with Gasteiger partial charge in [0.05, 0.1) is 11.8 Å². The third-order valence-corrected chi connectivity index (χ3v) is 4.34. The van der Waals surface area contributed by atoms with Gasteiger partial charge < -0.3 is 10.2 Å². The molecule has 0 aromatic heterocycles. The molecule has 0 aromatic carbocycles. The molecule has 1 N–H and O–H groups in total. The Hall–Kier alpha value is -1.06. The Morgan fingerprint density at radius 3 is 2.61 bits per heavy atom. The molecule has 1 heterocycles. The lowest BCUT2D eigenvalue weighted by Crippen LogP contribution is -2.41. The van der Waals surface area contributed by atoms with Crippen LogP contribution in [-0.2, 0) is 9.59 Å². The molecule has 2 saturated carbocycles. The van der Waals surface area contributed by atoms with Crippen molar-refractivity contribution < 1.29 is 9.59 Å². The summed E-state index contributed by atoms with van der Waals surface area (Å²) in [6, 6.07) is 0.406. The van der Waals surface area contributed by atoms with Crippen LogP contribution >= 0.6 is 0 Å². The summed E-state index contributed by atoms with van der Waals surface area (Å²) >= 11 is 0. The van der Waals surface area contributed by atoms with Crippen molar-refractivity contribution in [1.29, 1.82) is 0 Å². The van der Waals surface area contributed by atoms with Gasteiger partial charge in [-0.25, -0.2) is 0 Å². The van der Waals surface area contributed by atoms with Crippen molar-refractivity contribution in [3.63, 3.8) is 0 Å². The van der Waals surface area contributed by atoms with Crippen molar-refractivity contribution >= 4 is 11.8 Å². The molecule has 3 fully saturated rings. The average Bonchev–Trinajstić information content (AvgIpc) is 3.21. The lowest BCUT2D eigenvalue weighted by molar-refractivity contribution is -0.136. The average molecular weight is 250 g/mol. The van der Waals surface area contributed by atoms with E-state index in [1.165, 1.54) is 6.42 Å². The Bertz CT molecular complexity index is 365. The van der Waals surface area contributed by atoms with E-state index in [2.05, 4.69) is 12.2 Å². The maximum absolute atomic E-state index is 12.3. The molecular formula is C14H22N2O2. The molecule has 0 aromatic rings. The van der Waals surface area contributed by atoms with Gasteiger partial charge in [-0.3, -0.25) is 9.59 Å². The molecule has 1 saturated heterocycles. The lowest BCUT2D eigenvalue weighted by atomic mass is 10.00. The van der Waals surface area contributed by atoms with Gasteiger partial charge in [0.15, 0.2) is 0 Å². The van der Waals surface area contributed by atoms with Crippen LogP contribution in [0.1, 0.15) is 39.0 Å². The van der Waals surface area contributed by atoms with Crippen molar-refractivity contribution in [3.8, 4) is 0 Å². The molecular weight excluding hydrogens is 228 g/mol. The van der Waals surface area contributed by atoms with E-state index in [-0.39, 0.29) is 23.7 Å². The number of nitrogens with one attached hydrogen (secondary N) is 1. The van der Waals surface area contributed by atoms with Crippen molar-refractivity contribution in [2.75, 3.05) is 13.1 Å². The van der Waals surface area contributed by atoms with Crippen LogP contribution in [0.5, 0.6) is 0 Å². The first-order valence-corrected chi connectivity index (χ1v) is 7.24. The predicted molar refractivity (Wildman–Crippen MR) is 67.7 cm³/mol. The molecule has 0 radical (unpaired) electrons. The van der Waals surface area contributed by atoms with Gasteiger partial charge in [0, 0.05) is 19.1 Å². The van der Waals surface area contributed by atoms with Crippen LogP contribution in [-0.4, -0.2) is 35.8 Å². The number of likely N-dealkylation sites (tertiary alicyclic amines) is 1. The van der Waals surface area contributed by atoms with Gasteiger partial charge in [0.25, 0.3) is 0 Å². The second kappa shape index (κ2) is 4.56. The van der Waals surface area contributed by atoms with Crippen molar-refractivity contribution in [2.24, 2.45) is 17.8 Å². The molecule has 3 aliphatic rings. The van der Waals surface area contributed by atoms with E-state index >= 15 is 0 Å². The van der Waals surface area contributed by atoms with E-state index < -0.39 is 0 Å². The molecule has 3 rings (SSSR count). The van der Waals surface area contributed by atoms with Crippen LogP contribution in [0.15, 0.2) is 0 Å². The Morgan fingerprint density at radius 1 is 1.17 bits per heavy atom. The minimum absolute atomic E-state index is 0.0194. The zero-order valence-corrected chi connectivity index (χ0v) is 11.0. The molecule has 3 unspecified atom stereocenters. The first-order valence-electron chi connectivity index (χ1n) is 7.24. The van der Waals surface area contributed by atoms with Crippen LogP contribution in [0.3, 0.4) is 0 Å². The van der Waals surface area contributed by atoms with Gasteiger partial charge >= 0.3 is 0 Å². The van der Waals surface area contributed by atoms with Crippen molar-refractivity contribution in [3.05, 3.63) is 0 Å². The quantitative estimate of drug-likeness (QED) is 0.817. The van der Waals surface area contributed by atoms with Crippen LogP contribution in [0.4, 0.5) is 0 Å². The number of piperidine rings is 1. The minimum Gasteiger partial charge on any atom is -0.353 e. The minimum atomic E-state index is -0.0321. The summed E-state index contributed by atoms with van der Waals surface area (Å²) in [6.45, 7) is 3.96. The summed E-state index contributed by atoms with van der Waals surface area (Å²) in [5.41, 5.74) is 0. The normalized spacial score (nSPS) is 35.2. The third-order valence-electron chi connectivity index (χ3n) is 4.34. The largest absolute Gasteiger partial charge is 0.353 e. The molecule has 3 atom stereocenters. The number of nitrogens with zero attached hydrogens (tertiary/aromatic N) is 1. The summed E-state index contributed by atoms with van der Waals surface area (Å²) in [7, 11) is 0. The molecule has 0 bridgehead atoms. The van der Waals surface area contributed by atoms with Gasteiger partial charge in [-0.05, 0) is 38.0 Å². The molecule has 4 nitrogen and oxygen atoms in total.